The van der Waals surface area contributed by atoms with E-state index < -0.39 is 7.12 Å². The van der Waals surface area contributed by atoms with E-state index in [0.717, 1.165) is 15.5 Å². The summed E-state index contributed by atoms with van der Waals surface area (Å²) in [6.45, 7) is 10.2. The van der Waals surface area contributed by atoms with Crippen molar-refractivity contribution in [2.45, 2.75) is 45.8 Å². The maximum atomic E-state index is 6.32. The topological polar surface area (TPSA) is 18.5 Å². The predicted octanol–water partition coefficient (Wildman–Crippen LogP) is 3.71. The molecule has 0 aliphatic carbocycles. The van der Waals surface area contributed by atoms with Crippen LogP contribution in [0.15, 0.2) is 16.6 Å². The summed E-state index contributed by atoms with van der Waals surface area (Å²) in [5, 5.41) is 0.652. The Labute approximate surface area is 122 Å². The van der Waals surface area contributed by atoms with Crippen LogP contribution in [0.5, 0.6) is 0 Å². The van der Waals surface area contributed by atoms with E-state index in [4.69, 9.17) is 20.9 Å². The van der Waals surface area contributed by atoms with E-state index in [1.54, 1.807) is 0 Å². The minimum atomic E-state index is -0.418. The number of hydrogen-bond donors (Lipinski definition) is 0. The third-order valence-electron chi connectivity index (χ3n) is 3.71. The van der Waals surface area contributed by atoms with Gasteiger partial charge in [-0.15, -0.1) is 0 Å². The van der Waals surface area contributed by atoms with Gasteiger partial charge in [0.15, 0.2) is 0 Å². The van der Waals surface area contributed by atoms with Gasteiger partial charge in [-0.2, -0.15) is 0 Å². The number of halogens is 2. The Bertz CT molecular complexity index is 472. The van der Waals surface area contributed by atoms with Crippen LogP contribution in [0, 0.1) is 6.92 Å². The summed E-state index contributed by atoms with van der Waals surface area (Å²) >= 11 is 9.78. The molecule has 1 aromatic carbocycles. The highest BCUT2D eigenvalue weighted by Gasteiger charge is 2.52. The first kappa shape index (κ1) is 14.4. The molecule has 0 N–H and O–H groups in total. The zero-order chi connectivity index (χ0) is 13.7. The molecule has 1 aliphatic heterocycles. The lowest BCUT2D eigenvalue weighted by Gasteiger charge is -2.32. The Morgan fingerprint density at radius 2 is 1.61 bits per heavy atom. The van der Waals surface area contributed by atoms with Crippen molar-refractivity contribution in [3.05, 3.63) is 27.2 Å². The average Bonchev–Trinajstić information content (AvgIpc) is 2.42. The molecule has 0 spiro atoms. The second kappa shape index (κ2) is 4.52. The molecule has 5 heteroatoms. The Hall–Kier alpha value is -0.0251. The molecular formula is C13H17BBrClO2. The van der Waals surface area contributed by atoms with Gasteiger partial charge in [0.1, 0.15) is 0 Å². The van der Waals surface area contributed by atoms with Crippen LogP contribution in [-0.4, -0.2) is 18.3 Å². The normalized spacial score (nSPS) is 21.4. The Kier molecular flexibility index (Phi) is 3.61. The third kappa shape index (κ3) is 2.36. The van der Waals surface area contributed by atoms with E-state index in [1.165, 1.54) is 0 Å². The minimum Gasteiger partial charge on any atom is -0.399 e. The van der Waals surface area contributed by atoms with Crippen LogP contribution in [0.3, 0.4) is 0 Å². The van der Waals surface area contributed by atoms with Crippen molar-refractivity contribution in [1.29, 1.82) is 0 Å². The molecule has 1 aromatic rings. The van der Waals surface area contributed by atoms with Gasteiger partial charge >= 0.3 is 7.12 Å². The lowest BCUT2D eigenvalue weighted by Crippen LogP contribution is -2.41. The molecule has 0 radical (unpaired) electrons. The van der Waals surface area contributed by atoms with Gasteiger partial charge < -0.3 is 9.31 Å². The zero-order valence-electron chi connectivity index (χ0n) is 11.3. The highest BCUT2D eigenvalue weighted by molar-refractivity contribution is 9.10. The van der Waals surface area contributed by atoms with Gasteiger partial charge in [0.2, 0.25) is 0 Å². The summed E-state index contributed by atoms with van der Waals surface area (Å²) < 4.78 is 12.9. The molecule has 98 valence electrons. The maximum absolute atomic E-state index is 6.32. The van der Waals surface area contributed by atoms with Crippen molar-refractivity contribution in [2.24, 2.45) is 0 Å². The van der Waals surface area contributed by atoms with E-state index in [1.807, 2.05) is 46.8 Å². The molecule has 0 saturated carbocycles. The lowest BCUT2D eigenvalue weighted by molar-refractivity contribution is 0.00578. The average molecular weight is 331 g/mol. The van der Waals surface area contributed by atoms with Gasteiger partial charge in [-0.3, -0.25) is 0 Å². The quantitative estimate of drug-likeness (QED) is 0.731. The first-order chi connectivity index (χ1) is 8.14. The number of aryl methyl sites for hydroxylation is 1. The van der Waals surface area contributed by atoms with Gasteiger partial charge in [0.05, 0.1) is 16.2 Å². The number of benzene rings is 1. The van der Waals surface area contributed by atoms with E-state index >= 15 is 0 Å². The highest BCUT2D eigenvalue weighted by atomic mass is 79.9. The van der Waals surface area contributed by atoms with Crippen LogP contribution in [-0.2, 0) is 9.31 Å². The van der Waals surface area contributed by atoms with Crippen LogP contribution < -0.4 is 5.46 Å². The standard InChI is InChI=1S/C13H17BBrClO2/c1-8-6-9(11(16)10(15)7-8)14-17-12(2,3)13(4,5)18-14/h6-7H,1-5H3. The molecule has 1 heterocycles. The lowest BCUT2D eigenvalue weighted by atomic mass is 9.78. The largest absolute Gasteiger partial charge is 0.496 e. The summed E-state index contributed by atoms with van der Waals surface area (Å²) in [5.74, 6) is 0. The Morgan fingerprint density at radius 1 is 1.11 bits per heavy atom. The second-order valence-electron chi connectivity index (χ2n) is 5.74. The van der Waals surface area contributed by atoms with Crippen molar-refractivity contribution in [3.8, 4) is 0 Å². The van der Waals surface area contributed by atoms with Gasteiger partial charge in [0, 0.05) is 9.94 Å². The van der Waals surface area contributed by atoms with Gasteiger partial charge in [-0.25, -0.2) is 0 Å². The molecule has 0 bridgehead atoms. The predicted molar refractivity (Wildman–Crippen MR) is 79.6 cm³/mol. The van der Waals surface area contributed by atoms with Crippen molar-refractivity contribution >= 4 is 40.1 Å². The molecule has 1 fully saturated rings. The smallest absolute Gasteiger partial charge is 0.399 e. The van der Waals surface area contributed by atoms with Crippen LogP contribution in [0.1, 0.15) is 33.3 Å². The van der Waals surface area contributed by atoms with Gasteiger partial charge in [-0.1, -0.05) is 23.2 Å². The van der Waals surface area contributed by atoms with Crippen LogP contribution in [0.2, 0.25) is 5.02 Å². The molecular weight excluding hydrogens is 314 g/mol. The van der Waals surface area contributed by atoms with E-state index in [2.05, 4.69) is 15.9 Å². The van der Waals surface area contributed by atoms with Crippen LogP contribution in [0.4, 0.5) is 0 Å². The van der Waals surface area contributed by atoms with Crippen molar-refractivity contribution in [3.63, 3.8) is 0 Å². The van der Waals surface area contributed by atoms with Gasteiger partial charge in [0.25, 0.3) is 0 Å². The van der Waals surface area contributed by atoms with Crippen LogP contribution >= 0.6 is 27.5 Å². The number of rotatable bonds is 1. The monoisotopic (exact) mass is 330 g/mol. The first-order valence-corrected chi connectivity index (χ1v) is 7.12. The minimum absolute atomic E-state index is 0.350. The summed E-state index contributed by atoms with van der Waals surface area (Å²) in [5.41, 5.74) is 1.30. The van der Waals surface area contributed by atoms with E-state index in [0.29, 0.717) is 5.02 Å². The maximum Gasteiger partial charge on any atom is 0.496 e. The highest BCUT2D eigenvalue weighted by Crippen LogP contribution is 2.37. The van der Waals surface area contributed by atoms with Crippen molar-refractivity contribution < 1.29 is 9.31 Å². The molecule has 18 heavy (non-hydrogen) atoms. The van der Waals surface area contributed by atoms with Crippen LogP contribution in [0.25, 0.3) is 0 Å². The molecule has 1 saturated heterocycles. The van der Waals surface area contributed by atoms with Crippen molar-refractivity contribution in [1.82, 2.24) is 0 Å². The third-order valence-corrected chi connectivity index (χ3v) is 4.98. The van der Waals surface area contributed by atoms with Crippen molar-refractivity contribution in [2.75, 3.05) is 0 Å². The molecule has 1 aliphatic rings. The molecule has 0 atom stereocenters. The SMILES string of the molecule is Cc1cc(Br)c(Cl)c(B2OC(C)(C)C(C)(C)O2)c1. The molecule has 0 amide bonds. The van der Waals surface area contributed by atoms with E-state index in [9.17, 15) is 0 Å². The summed E-state index contributed by atoms with van der Waals surface area (Å²) in [7, 11) is -0.418. The second-order valence-corrected chi connectivity index (χ2v) is 6.97. The fourth-order valence-electron chi connectivity index (χ4n) is 1.89. The Morgan fingerprint density at radius 3 is 2.11 bits per heavy atom. The van der Waals surface area contributed by atoms with Gasteiger partial charge in [-0.05, 0) is 56.6 Å². The summed E-state index contributed by atoms with van der Waals surface area (Å²) in [4.78, 5) is 0. The Balaban J connectivity index is 2.41. The number of hydrogen-bond acceptors (Lipinski definition) is 2. The van der Waals surface area contributed by atoms with E-state index in [-0.39, 0.29) is 11.2 Å². The zero-order valence-corrected chi connectivity index (χ0v) is 13.6. The fraction of sp³-hybridized carbons (Fsp3) is 0.538. The first-order valence-electron chi connectivity index (χ1n) is 5.95. The fourth-order valence-corrected chi connectivity index (χ4v) is 2.68. The molecule has 2 rings (SSSR count). The molecule has 2 nitrogen and oxygen atoms in total. The molecule has 0 aromatic heterocycles. The molecule has 0 unspecified atom stereocenters. The summed E-state index contributed by atoms with van der Waals surface area (Å²) in [6.07, 6.45) is 0. The summed E-state index contributed by atoms with van der Waals surface area (Å²) in [6, 6.07) is 3.99.